The summed E-state index contributed by atoms with van der Waals surface area (Å²) in [6.07, 6.45) is -1.11. The van der Waals surface area contributed by atoms with Gasteiger partial charge in [-0.25, -0.2) is 9.59 Å². The average Bonchev–Trinajstić information content (AvgIpc) is 2.76. The summed E-state index contributed by atoms with van der Waals surface area (Å²) in [5.74, 6) is -1.05. The van der Waals surface area contributed by atoms with Crippen molar-refractivity contribution >= 4 is 28.5 Å². The van der Waals surface area contributed by atoms with Crippen molar-refractivity contribution in [2.75, 3.05) is 25.0 Å². The van der Waals surface area contributed by atoms with E-state index < -0.39 is 12.1 Å². The Morgan fingerprint density at radius 1 is 0.900 bits per heavy atom. The highest BCUT2D eigenvalue weighted by atomic mass is 16.4. The van der Waals surface area contributed by atoms with Crippen molar-refractivity contribution in [3.8, 4) is 11.1 Å². The van der Waals surface area contributed by atoms with Gasteiger partial charge in [0.1, 0.15) is 0 Å². The van der Waals surface area contributed by atoms with E-state index in [0.717, 1.165) is 39.9 Å². The van der Waals surface area contributed by atoms with Crippen LogP contribution in [0.2, 0.25) is 0 Å². The van der Waals surface area contributed by atoms with Crippen molar-refractivity contribution in [2.24, 2.45) is 0 Å². The Labute approximate surface area is 176 Å². The van der Waals surface area contributed by atoms with Crippen LogP contribution in [0.3, 0.4) is 0 Å². The lowest BCUT2D eigenvalue weighted by Crippen LogP contribution is -2.25. The number of aromatic carboxylic acids is 1. The van der Waals surface area contributed by atoms with Crippen LogP contribution in [0.15, 0.2) is 54.6 Å². The number of carbonyl (C=O) groups is 2. The lowest BCUT2D eigenvalue weighted by atomic mass is 9.91. The summed E-state index contributed by atoms with van der Waals surface area (Å²) < 4.78 is 0. The van der Waals surface area contributed by atoms with Gasteiger partial charge >= 0.3 is 12.1 Å². The first-order valence-corrected chi connectivity index (χ1v) is 9.94. The van der Waals surface area contributed by atoms with Gasteiger partial charge in [-0.05, 0) is 53.2 Å². The van der Waals surface area contributed by atoms with Crippen LogP contribution in [0.4, 0.5) is 10.5 Å². The first-order chi connectivity index (χ1) is 14.4. The number of fused-ring (bicyclic) bond motifs is 1. The van der Waals surface area contributed by atoms with Gasteiger partial charge < -0.3 is 10.2 Å². The Hall–Kier alpha value is -3.38. The highest BCUT2D eigenvalue weighted by Gasteiger charge is 2.20. The zero-order valence-electron chi connectivity index (χ0n) is 17.4. The van der Waals surface area contributed by atoms with Crippen molar-refractivity contribution in [1.82, 2.24) is 4.90 Å². The van der Waals surface area contributed by atoms with E-state index >= 15 is 0 Å². The maximum absolute atomic E-state index is 11.7. The van der Waals surface area contributed by atoms with Gasteiger partial charge in [-0.2, -0.15) is 0 Å². The van der Waals surface area contributed by atoms with Crippen molar-refractivity contribution in [1.29, 1.82) is 0 Å². The molecule has 0 aliphatic carbocycles. The summed E-state index contributed by atoms with van der Waals surface area (Å²) >= 11 is 0. The molecule has 0 fully saturated rings. The van der Waals surface area contributed by atoms with E-state index in [4.69, 9.17) is 0 Å². The molecule has 2 N–H and O–H groups in total. The van der Waals surface area contributed by atoms with Gasteiger partial charge in [-0.3, -0.25) is 9.80 Å². The predicted molar refractivity (Wildman–Crippen MR) is 119 cm³/mol. The van der Waals surface area contributed by atoms with Crippen LogP contribution in [-0.2, 0) is 6.54 Å². The summed E-state index contributed by atoms with van der Waals surface area (Å²) in [5, 5.41) is 21.2. The van der Waals surface area contributed by atoms with Crippen LogP contribution < -0.4 is 4.90 Å². The van der Waals surface area contributed by atoms with E-state index in [-0.39, 0.29) is 5.56 Å². The number of anilines is 1. The first kappa shape index (κ1) is 21.3. The molecule has 0 saturated heterocycles. The Morgan fingerprint density at radius 2 is 1.60 bits per heavy atom. The largest absolute Gasteiger partial charge is 0.478 e. The number of benzene rings is 3. The smallest absolute Gasteiger partial charge is 0.411 e. The molecular formula is C24H26N2O4. The van der Waals surface area contributed by atoms with E-state index in [2.05, 4.69) is 24.8 Å². The molecule has 6 nitrogen and oxygen atoms in total. The fraction of sp³-hybridized carbons (Fsp3) is 0.250. The van der Waals surface area contributed by atoms with Crippen LogP contribution in [0.25, 0.3) is 21.9 Å². The van der Waals surface area contributed by atoms with Crippen molar-refractivity contribution in [3.63, 3.8) is 0 Å². The molecule has 0 spiro atoms. The van der Waals surface area contributed by atoms with E-state index in [1.807, 2.05) is 30.3 Å². The molecule has 0 aromatic heterocycles. The summed E-state index contributed by atoms with van der Waals surface area (Å²) in [7, 11) is 1.46. The van der Waals surface area contributed by atoms with Gasteiger partial charge in [-0.15, -0.1) is 0 Å². The topological polar surface area (TPSA) is 81.1 Å². The van der Waals surface area contributed by atoms with E-state index in [0.29, 0.717) is 17.8 Å². The van der Waals surface area contributed by atoms with Gasteiger partial charge in [-0.1, -0.05) is 50.2 Å². The van der Waals surface area contributed by atoms with E-state index in [1.165, 1.54) is 13.1 Å². The molecule has 3 rings (SSSR count). The minimum Gasteiger partial charge on any atom is -0.478 e. The number of amides is 1. The molecule has 3 aromatic rings. The number of rotatable bonds is 7. The number of hydrogen-bond donors (Lipinski definition) is 2. The number of carboxylic acids is 1. The zero-order chi connectivity index (χ0) is 21.8. The number of hydrogen-bond acceptors (Lipinski definition) is 3. The van der Waals surface area contributed by atoms with Gasteiger partial charge in [0.25, 0.3) is 0 Å². The second kappa shape index (κ2) is 8.97. The molecule has 1 amide bonds. The zero-order valence-corrected chi connectivity index (χ0v) is 17.4. The second-order valence-corrected chi connectivity index (χ2v) is 7.15. The summed E-state index contributed by atoms with van der Waals surface area (Å²) in [6.45, 7) is 6.62. The molecule has 0 aliphatic rings. The summed E-state index contributed by atoms with van der Waals surface area (Å²) in [5.41, 5.74) is 3.05. The Morgan fingerprint density at radius 3 is 2.23 bits per heavy atom. The molecule has 0 unspecified atom stereocenters. The molecule has 30 heavy (non-hydrogen) atoms. The van der Waals surface area contributed by atoms with Crippen molar-refractivity contribution in [3.05, 3.63) is 65.7 Å². The monoisotopic (exact) mass is 406 g/mol. The fourth-order valence-corrected chi connectivity index (χ4v) is 3.71. The Kier molecular flexibility index (Phi) is 6.37. The molecule has 0 aliphatic heterocycles. The lowest BCUT2D eigenvalue weighted by Gasteiger charge is -2.24. The number of nitrogens with zero attached hydrogens (tertiary/aromatic N) is 2. The predicted octanol–water partition coefficient (Wildman–Crippen LogP) is 5.16. The van der Waals surface area contributed by atoms with Gasteiger partial charge in [0.2, 0.25) is 0 Å². The third-order valence-corrected chi connectivity index (χ3v) is 5.50. The standard InChI is InChI=1S/C24H26N2O4/c1-4-26(5-2)15-21-18-9-7-6-8-16(18)10-12-19(21)20-14-17(23(27)28)11-13-22(20)25(3)24(29)30/h6-14H,4-5,15H2,1-3H3,(H,27,28)(H,29,30). The quantitative estimate of drug-likeness (QED) is 0.566. The molecule has 156 valence electrons. The van der Waals surface area contributed by atoms with Gasteiger partial charge in [0, 0.05) is 19.2 Å². The highest BCUT2D eigenvalue weighted by Crippen LogP contribution is 2.37. The maximum Gasteiger partial charge on any atom is 0.411 e. The highest BCUT2D eigenvalue weighted by molar-refractivity contribution is 6.00. The minimum atomic E-state index is -1.11. The van der Waals surface area contributed by atoms with Crippen molar-refractivity contribution in [2.45, 2.75) is 20.4 Å². The van der Waals surface area contributed by atoms with Gasteiger partial charge in [0.15, 0.2) is 0 Å². The van der Waals surface area contributed by atoms with Crippen LogP contribution in [-0.4, -0.2) is 47.3 Å². The maximum atomic E-state index is 11.7. The number of carboxylic acid groups (broad SMARTS) is 2. The second-order valence-electron chi connectivity index (χ2n) is 7.15. The molecule has 0 bridgehead atoms. The first-order valence-electron chi connectivity index (χ1n) is 9.94. The van der Waals surface area contributed by atoms with E-state index in [9.17, 15) is 19.8 Å². The SMILES string of the molecule is CCN(CC)Cc1c(-c2cc(C(=O)O)ccc2N(C)C(=O)O)ccc2ccccc12. The molecule has 3 aromatic carbocycles. The molecule has 0 saturated carbocycles. The third-order valence-electron chi connectivity index (χ3n) is 5.50. The average molecular weight is 406 g/mol. The molecule has 0 atom stereocenters. The molecule has 0 heterocycles. The summed E-state index contributed by atoms with van der Waals surface area (Å²) in [6, 6.07) is 16.6. The Bertz CT molecular complexity index is 1090. The molecule has 0 radical (unpaired) electrons. The van der Waals surface area contributed by atoms with Gasteiger partial charge in [0.05, 0.1) is 11.3 Å². The minimum absolute atomic E-state index is 0.120. The molecular weight excluding hydrogens is 380 g/mol. The van der Waals surface area contributed by atoms with Crippen LogP contribution in [0.1, 0.15) is 29.8 Å². The normalized spacial score (nSPS) is 11.1. The lowest BCUT2D eigenvalue weighted by molar-refractivity contribution is 0.0697. The third kappa shape index (κ3) is 4.14. The molecule has 6 heteroatoms. The van der Waals surface area contributed by atoms with Crippen molar-refractivity contribution < 1.29 is 19.8 Å². The fourth-order valence-electron chi connectivity index (χ4n) is 3.71. The van der Waals surface area contributed by atoms with Crippen LogP contribution in [0.5, 0.6) is 0 Å². The van der Waals surface area contributed by atoms with Crippen LogP contribution >= 0.6 is 0 Å². The summed E-state index contributed by atoms with van der Waals surface area (Å²) in [4.78, 5) is 26.7. The van der Waals surface area contributed by atoms with Crippen LogP contribution in [0, 0.1) is 0 Å². The Balaban J connectivity index is 2.33. The van der Waals surface area contributed by atoms with E-state index in [1.54, 1.807) is 12.1 Å².